The quantitative estimate of drug-likeness (QED) is 0.245. The highest BCUT2D eigenvalue weighted by Gasteiger charge is 2.30. The number of ketones is 1. The lowest BCUT2D eigenvalue weighted by atomic mass is 10.1. The van der Waals surface area contributed by atoms with Crippen LogP contribution in [-0.4, -0.2) is 41.5 Å². The first-order chi connectivity index (χ1) is 16.4. The third kappa shape index (κ3) is 4.78. The second-order valence-corrected chi connectivity index (χ2v) is 8.85. The maximum Gasteiger partial charge on any atom is 0.305 e. The molecule has 0 unspecified atom stereocenters. The molecule has 0 spiro atoms. The SMILES string of the molecule is CCCCCCCC(=O)OCCN(C)c1c#cc2c(=O)n3c(nc2c1)C(=O)c1cc(Cl)ccc1-3. The summed E-state index contributed by atoms with van der Waals surface area (Å²) in [7, 11) is 1.83. The molecule has 0 saturated heterocycles. The number of ether oxygens (including phenoxy) is 1. The van der Waals surface area contributed by atoms with Gasteiger partial charge in [0, 0.05) is 18.5 Å². The van der Waals surface area contributed by atoms with Crippen LogP contribution in [0.25, 0.3) is 16.6 Å². The van der Waals surface area contributed by atoms with E-state index in [-0.39, 0.29) is 35.1 Å². The molecule has 34 heavy (non-hydrogen) atoms. The molecule has 0 atom stereocenters. The van der Waals surface area contributed by atoms with E-state index in [1.165, 1.54) is 17.4 Å². The summed E-state index contributed by atoms with van der Waals surface area (Å²) >= 11 is 6.03. The Balaban J connectivity index is 1.44. The zero-order valence-electron chi connectivity index (χ0n) is 19.3. The van der Waals surface area contributed by atoms with Crippen LogP contribution in [0, 0.1) is 12.1 Å². The summed E-state index contributed by atoms with van der Waals surface area (Å²) in [6.07, 6.45) is 5.84. The Morgan fingerprint density at radius 3 is 2.74 bits per heavy atom. The van der Waals surface area contributed by atoms with Crippen molar-refractivity contribution in [3.8, 4) is 5.69 Å². The number of aromatic nitrogens is 2. The predicted molar refractivity (Wildman–Crippen MR) is 131 cm³/mol. The van der Waals surface area contributed by atoms with Gasteiger partial charge in [0.2, 0.25) is 5.78 Å². The van der Waals surface area contributed by atoms with Gasteiger partial charge in [0.1, 0.15) is 12.0 Å². The van der Waals surface area contributed by atoms with Crippen molar-refractivity contribution in [2.24, 2.45) is 0 Å². The fraction of sp³-hybridized carbons (Fsp3) is 0.385. The van der Waals surface area contributed by atoms with Crippen LogP contribution in [0.4, 0.5) is 5.69 Å². The molecule has 1 aliphatic heterocycles. The van der Waals surface area contributed by atoms with Crippen LogP contribution in [0.15, 0.2) is 29.1 Å². The number of likely N-dealkylation sites (N-methyl/N-ethyl adjacent to an activating group) is 1. The molecule has 0 saturated carbocycles. The highest BCUT2D eigenvalue weighted by Crippen LogP contribution is 2.28. The number of fused-ring (bicyclic) bond motifs is 4. The topological polar surface area (TPSA) is 81.5 Å². The van der Waals surface area contributed by atoms with E-state index in [0.717, 1.165) is 19.3 Å². The fourth-order valence-electron chi connectivity index (χ4n) is 4.00. The number of halogens is 1. The first kappa shape index (κ1) is 23.8. The third-order valence-corrected chi connectivity index (χ3v) is 6.17. The number of anilines is 1. The molecule has 8 heteroatoms. The Kier molecular flexibility index (Phi) is 7.18. The average Bonchev–Trinajstić information content (AvgIpc) is 3.10. The van der Waals surface area contributed by atoms with Gasteiger partial charge in [-0.15, -0.1) is 0 Å². The molecule has 0 bridgehead atoms. The smallest absolute Gasteiger partial charge is 0.305 e. The van der Waals surface area contributed by atoms with Crippen molar-refractivity contribution in [1.82, 2.24) is 9.55 Å². The number of rotatable bonds is 10. The molecule has 2 heterocycles. The van der Waals surface area contributed by atoms with E-state index in [4.69, 9.17) is 16.3 Å². The van der Waals surface area contributed by atoms with E-state index in [1.807, 2.05) is 11.9 Å². The monoisotopic (exact) mass is 479 g/mol. The van der Waals surface area contributed by atoms with Gasteiger partial charge >= 0.3 is 5.97 Å². The van der Waals surface area contributed by atoms with Crippen molar-refractivity contribution in [2.75, 3.05) is 25.1 Å². The number of hydrogen-bond donors (Lipinski definition) is 0. The van der Waals surface area contributed by atoms with Crippen LogP contribution in [-0.2, 0) is 9.53 Å². The van der Waals surface area contributed by atoms with Crippen LogP contribution in [0.1, 0.15) is 61.6 Å². The van der Waals surface area contributed by atoms with Gasteiger partial charge in [-0.25, -0.2) is 4.98 Å². The first-order valence-electron chi connectivity index (χ1n) is 11.5. The van der Waals surface area contributed by atoms with Gasteiger partial charge in [0.05, 0.1) is 29.0 Å². The van der Waals surface area contributed by atoms with Crippen LogP contribution in [0.3, 0.4) is 0 Å². The van der Waals surface area contributed by atoms with Gasteiger partial charge in [-0.05, 0) is 36.8 Å². The van der Waals surface area contributed by atoms with Crippen molar-refractivity contribution in [3.63, 3.8) is 0 Å². The van der Waals surface area contributed by atoms with Gasteiger partial charge in [0.15, 0.2) is 5.82 Å². The second-order valence-electron chi connectivity index (χ2n) is 8.41. The molecule has 7 nitrogen and oxygen atoms in total. The van der Waals surface area contributed by atoms with Crippen molar-refractivity contribution in [3.05, 3.63) is 63.2 Å². The molecule has 0 N–H and O–H groups in total. The van der Waals surface area contributed by atoms with E-state index < -0.39 is 0 Å². The molecular weight excluding hydrogens is 454 g/mol. The molecule has 2 aromatic carbocycles. The predicted octanol–water partition coefficient (Wildman–Crippen LogP) is 4.52. The van der Waals surface area contributed by atoms with Crippen molar-refractivity contribution >= 4 is 39.9 Å². The van der Waals surface area contributed by atoms with Crippen LogP contribution >= 0.6 is 11.6 Å². The first-order valence-corrected chi connectivity index (χ1v) is 11.9. The number of hydrogen-bond acceptors (Lipinski definition) is 6. The second kappa shape index (κ2) is 10.3. The maximum absolute atomic E-state index is 13.1. The van der Waals surface area contributed by atoms with E-state index in [1.54, 1.807) is 24.3 Å². The largest absolute Gasteiger partial charge is 0.464 e. The van der Waals surface area contributed by atoms with Gasteiger partial charge < -0.3 is 9.64 Å². The molecule has 3 aromatic rings. The van der Waals surface area contributed by atoms with Crippen LogP contribution < -0.4 is 10.5 Å². The molecule has 0 amide bonds. The Hall–Kier alpha value is -3.37. The summed E-state index contributed by atoms with van der Waals surface area (Å²) in [5, 5.41) is 0.657. The molecule has 0 fully saturated rings. The lowest BCUT2D eigenvalue weighted by molar-refractivity contribution is -0.143. The summed E-state index contributed by atoms with van der Waals surface area (Å²) in [6.45, 7) is 2.85. The molecule has 0 aliphatic carbocycles. The zero-order valence-corrected chi connectivity index (χ0v) is 20.1. The number of carbonyl (C=O) groups excluding carboxylic acids is 2. The van der Waals surface area contributed by atoms with E-state index in [0.29, 0.717) is 40.4 Å². The minimum atomic E-state index is -0.382. The molecule has 1 aromatic heterocycles. The van der Waals surface area contributed by atoms with Gasteiger partial charge in [0.25, 0.3) is 5.56 Å². The van der Waals surface area contributed by atoms with E-state index in [2.05, 4.69) is 24.0 Å². The Morgan fingerprint density at radius 1 is 1.15 bits per heavy atom. The zero-order chi connectivity index (χ0) is 24.2. The van der Waals surface area contributed by atoms with E-state index in [9.17, 15) is 14.4 Å². The Morgan fingerprint density at radius 2 is 1.94 bits per heavy atom. The number of benzene rings is 1. The highest BCUT2D eigenvalue weighted by atomic mass is 35.5. The Labute approximate surface area is 203 Å². The number of carbonyl (C=O) groups is 2. The fourth-order valence-corrected chi connectivity index (χ4v) is 4.17. The summed E-state index contributed by atoms with van der Waals surface area (Å²) in [5.41, 5.74) is 1.42. The van der Waals surface area contributed by atoms with Gasteiger partial charge in [-0.3, -0.25) is 19.0 Å². The van der Waals surface area contributed by atoms with Crippen molar-refractivity contribution in [1.29, 1.82) is 0 Å². The van der Waals surface area contributed by atoms with Crippen molar-refractivity contribution in [2.45, 2.75) is 45.4 Å². The molecule has 0 radical (unpaired) electrons. The molecule has 1 aliphatic rings. The van der Waals surface area contributed by atoms with Gasteiger partial charge in [-0.1, -0.05) is 50.3 Å². The summed E-state index contributed by atoms with van der Waals surface area (Å²) in [4.78, 5) is 44.1. The number of nitrogens with zero attached hydrogens (tertiary/aromatic N) is 3. The summed E-state index contributed by atoms with van der Waals surface area (Å²) < 4.78 is 6.64. The standard InChI is InChI=1S/C26H26ClN3O4/c1-3-4-5-6-7-8-23(31)34-14-13-29(2)18-10-11-19-21(16-18)28-25-24(32)20-15-17(27)9-12-22(20)30(25)26(19)33/h9,12,15-16H,3-8,13-14H2,1-2H3. The van der Waals surface area contributed by atoms with Gasteiger partial charge in [-0.2, -0.15) is 0 Å². The lowest BCUT2D eigenvalue weighted by Gasteiger charge is -2.17. The molecular formula is C26H26ClN3O4. The number of esters is 1. The van der Waals surface area contributed by atoms with Crippen LogP contribution in [0.5, 0.6) is 0 Å². The van der Waals surface area contributed by atoms with Crippen molar-refractivity contribution < 1.29 is 14.3 Å². The molecule has 176 valence electrons. The summed E-state index contributed by atoms with van der Waals surface area (Å²) in [6, 6.07) is 12.4. The number of unbranched alkanes of at least 4 members (excludes halogenated alkanes) is 4. The normalized spacial score (nSPS) is 11.8. The average molecular weight is 480 g/mol. The van der Waals surface area contributed by atoms with E-state index >= 15 is 0 Å². The third-order valence-electron chi connectivity index (χ3n) is 5.93. The lowest BCUT2D eigenvalue weighted by Crippen LogP contribution is -2.24. The Bertz CT molecular complexity index is 1300. The highest BCUT2D eigenvalue weighted by molar-refractivity contribution is 6.31. The minimum absolute atomic E-state index is 0.0517. The molecule has 4 rings (SSSR count). The minimum Gasteiger partial charge on any atom is -0.464 e. The maximum atomic E-state index is 13.1. The van der Waals surface area contributed by atoms with Crippen LogP contribution in [0.2, 0.25) is 5.02 Å². The summed E-state index contributed by atoms with van der Waals surface area (Å²) in [5.74, 6) is -0.487.